The van der Waals surface area contributed by atoms with Crippen molar-refractivity contribution < 1.29 is 4.79 Å². The monoisotopic (exact) mass is 222 g/mol. The van der Waals surface area contributed by atoms with Crippen molar-refractivity contribution in [2.45, 2.75) is 57.0 Å². The highest BCUT2D eigenvalue weighted by Crippen LogP contribution is 2.32. The van der Waals surface area contributed by atoms with Crippen LogP contribution in [0.4, 0.5) is 0 Å². The van der Waals surface area contributed by atoms with E-state index in [1.54, 1.807) is 0 Å². The Kier molecular flexibility index (Phi) is 2.88. The Balaban J connectivity index is 1.41. The Morgan fingerprint density at radius 1 is 1.06 bits per heavy atom. The van der Waals surface area contributed by atoms with Crippen molar-refractivity contribution in [3.63, 3.8) is 0 Å². The third-order valence-electron chi connectivity index (χ3n) is 4.33. The zero-order valence-electron chi connectivity index (χ0n) is 9.87. The molecule has 1 aliphatic carbocycles. The van der Waals surface area contributed by atoms with E-state index in [-0.39, 0.29) is 0 Å². The number of carbonyl (C=O) groups is 1. The third kappa shape index (κ3) is 2.57. The molecule has 3 rings (SSSR count). The number of amides is 1. The van der Waals surface area contributed by atoms with Crippen LogP contribution in [0.1, 0.15) is 44.9 Å². The van der Waals surface area contributed by atoms with Gasteiger partial charge in [0.2, 0.25) is 5.91 Å². The summed E-state index contributed by atoms with van der Waals surface area (Å²) >= 11 is 0. The van der Waals surface area contributed by atoms with Gasteiger partial charge in [0.15, 0.2) is 0 Å². The molecule has 0 spiro atoms. The van der Waals surface area contributed by atoms with Crippen molar-refractivity contribution >= 4 is 5.91 Å². The van der Waals surface area contributed by atoms with Gasteiger partial charge in [-0.1, -0.05) is 0 Å². The van der Waals surface area contributed by atoms with Crippen LogP contribution in [0.2, 0.25) is 0 Å². The molecule has 3 nitrogen and oxygen atoms in total. The van der Waals surface area contributed by atoms with Gasteiger partial charge >= 0.3 is 0 Å². The van der Waals surface area contributed by atoms with Gasteiger partial charge in [0, 0.05) is 25.0 Å². The Morgan fingerprint density at radius 2 is 1.75 bits per heavy atom. The van der Waals surface area contributed by atoms with E-state index >= 15 is 0 Å². The summed E-state index contributed by atoms with van der Waals surface area (Å²) < 4.78 is 0. The van der Waals surface area contributed by atoms with Crippen molar-refractivity contribution in [1.82, 2.24) is 10.6 Å². The first-order chi connectivity index (χ1) is 7.79. The summed E-state index contributed by atoms with van der Waals surface area (Å²) in [4.78, 5) is 11.7. The third-order valence-corrected chi connectivity index (χ3v) is 4.33. The first-order valence-electron chi connectivity index (χ1n) is 6.82. The van der Waals surface area contributed by atoms with E-state index in [9.17, 15) is 4.79 Å². The molecule has 2 unspecified atom stereocenters. The minimum Gasteiger partial charge on any atom is -0.356 e. The van der Waals surface area contributed by atoms with E-state index in [0.29, 0.717) is 23.9 Å². The lowest BCUT2D eigenvalue weighted by molar-refractivity contribution is -0.122. The second kappa shape index (κ2) is 4.36. The first-order valence-corrected chi connectivity index (χ1v) is 6.82. The molecule has 2 bridgehead atoms. The largest absolute Gasteiger partial charge is 0.356 e. The summed E-state index contributed by atoms with van der Waals surface area (Å²) in [6.07, 6.45) is 8.48. The molecule has 2 N–H and O–H groups in total. The summed E-state index contributed by atoms with van der Waals surface area (Å²) in [6.45, 7) is 0.927. The van der Waals surface area contributed by atoms with Crippen molar-refractivity contribution in [3.8, 4) is 0 Å². The molecule has 2 heterocycles. The standard InChI is InChI=1S/C13H22N2O/c16-13(14-8-9-1-2-9)7-10-5-11-3-4-12(6-10)15-11/h9-12,15H,1-8H2,(H,14,16). The van der Waals surface area contributed by atoms with Crippen LogP contribution in [-0.4, -0.2) is 24.5 Å². The van der Waals surface area contributed by atoms with Crippen LogP contribution in [0.15, 0.2) is 0 Å². The normalized spacial score (nSPS) is 37.4. The molecular formula is C13H22N2O. The molecule has 3 fully saturated rings. The van der Waals surface area contributed by atoms with E-state index in [0.717, 1.165) is 18.9 Å². The molecule has 0 aromatic rings. The molecule has 0 aromatic carbocycles. The van der Waals surface area contributed by atoms with Gasteiger partial charge in [0.05, 0.1) is 0 Å². The van der Waals surface area contributed by atoms with Crippen molar-refractivity contribution in [1.29, 1.82) is 0 Å². The molecule has 2 saturated heterocycles. The van der Waals surface area contributed by atoms with Gasteiger partial charge in [-0.15, -0.1) is 0 Å². The molecule has 1 amide bonds. The Bertz CT molecular complexity index is 263. The fourth-order valence-electron chi connectivity index (χ4n) is 3.26. The first kappa shape index (κ1) is 10.6. The van der Waals surface area contributed by atoms with E-state index < -0.39 is 0 Å². The average Bonchev–Trinajstić information content (AvgIpc) is 3.02. The second-order valence-corrected chi connectivity index (χ2v) is 5.93. The van der Waals surface area contributed by atoms with Crippen LogP contribution in [0.5, 0.6) is 0 Å². The van der Waals surface area contributed by atoms with Gasteiger partial charge in [-0.2, -0.15) is 0 Å². The zero-order valence-corrected chi connectivity index (χ0v) is 9.87. The lowest BCUT2D eigenvalue weighted by atomic mass is 9.89. The second-order valence-electron chi connectivity index (χ2n) is 5.93. The van der Waals surface area contributed by atoms with E-state index in [4.69, 9.17) is 0 Å². The molecule has 2 atom stereocenters. The summed E-state index contributed by atoms with van der Waals surface area (Å²) in [6, 6.07) is 1.42. The van der Waals surface area contributed by atoms with Crippen molar-refractivity contribution in [3.05, 3.63) is 0 Å². The molecule has 1 saturated carbocycles. The van der Waals surface area contributed by atoms with E-state index in [1.165, 1.54) is 38.5 Å². The predicted molar refractivity (Wildman–Crippen MR) is 63.0 cm³/mol. The Labute approximate surface area is 97.4 Å². The Hall–Kier alpha value is -0.570. The minimum atomic E-state index is 0.290. The molecule has 3 heteroatoms. The van der Waals surface area contributed by atoms with Crippen LogP contribution in [0.25, 0.3) is 0 Å². The van der Waals surface area contributed by atoms with Gasteiger partial charge in [0.25, 0.3) is 0 Å². The Morgan fingerprint density at radius 3 is 2.38 bits per heavy atom. The van der Waals surface area contributed by atoms with E-state index in [2.05, 4.69) is 10.6 Å². The molecular weight excluding hydrogens is 200 g/mol. The van der Waals surface area contributed by atoms with Crippen LogP contribution in [0, 0.1) is 11.8 Å². The van der Waals surface area contributed by atoms with Gasteiger partial charge in [-0.05, 0) is 50.4 Å². The van der Waals surface area contributed by atoms with Crippen LogP contribution in [-0.2, 0) is 4.79 Å². The average molecular weight is 222 g/mol. The molecule has 16 heavy (non-hydrogen) atoms. The highest BCUT2D eigenvalue weighted by molar-refractivity contribution is 5.76. The zero-order chi connectivity index (χ0) is 11.0. The van der Waals surface area contributed by atoms with Crippen LogP contribution >= 0.6 is 0 Å². The molecule has 0 radical (unpaired) electrons. The maximum Gasteiger partial charge on any atom is 0.220 e. The maximum absolute atomic E-state index is 11.7. The van der Waals surface area contributed by atoms with Gasteiger partial charge in [-0.25, -0.2) is 0 Å². The number of nitrogens with one attached hydrogen (secondary N) is 2. The molecule has 0 aromatic heterocycles. The van der Waals surface area contributed by atoms with Gasteiger partial charge in [-0.3, -0.25) is 4.79 Å². The number of carbonyl (C=O) groups excluding carboxylic acids is 1. The topological polar surface area (TPSA) is 41.1 Å². The number of fused-ring (bicyclic) bond motifs is 2. The predicted octanol–water partition coefficient (Wildman–Crippen LogP) is 1.43. The molecule has 3 aliphatic rings. The summed E-state index contributed by atoms with van der Waals surface area (Å²) in [5.74, 6) is 1.73. The molecule has 90 valence electrons. The number of hydrogen-bond donors (Lipinski definition) is 2. The van der Waals surface area contributed by atoms with Crippen LogP contribution in [0.3, 0.4) is 0 Å². The highest BCUT2D eigenvalue weighted by atomic mass is 16.1. The van der Waals surface area contributed by atoms with Crippen LogP contribution < -0.4 is 10.6 Å². The quantitative estimate of drug-likeness (QED) is 0.755. The summed E-state index contributed by atoms with van der Waals surface area (Å²) in [5.41, 5.74) is 0. The highest BCUT2D eigenvalue weighted by Gasteiger charge is 2.34. The fraction of sp³-hybridized carbons (Fsp3) is 0.923. The van der Waals surface area contributed by atoms with Crippen molar-refractivity contribution in [2.75, 3.05) is 6.54 Å². The van der Waals surface area contributed by atoms with E-state index in [1.807, 2.05) is 0 Å². The molecule has 2 aliphatic heterocycles. The minimum absolute atomic E-state index is 0.290. The SMILES string of the molecule is O=C(CC1CC2CCC(C1)N2)NCC1CC1. The fourth-order valence-corrected chi connectivity index (χ4v) is 3.26. The number of piperidine rings is 1. The number of hydrogen-bond acceptors (Lipinski definition) is 2. The summed E-state index contributed by atoms with van der Waals surface area (Å²) in [7, 11) is 0. The lowest BCUT2D eigenvalue weighted by Gasteiger charge is -2.28. The van der Waals surface area contributed by atoms with Gasteiger partial charge in [0.1, 0.15) is 0 Å². The number of rotatable bonds is 4. The lowest BCUT2D eigenvalue weighted by Crippen LogP contribution is -2.39. The van der Waals surface area contributed by atoms with Crippen molar-refractivity contribution in [2.24, 2.45) is 11.8 Å². The summed E-state index contributed by atoms with van der Waals surface area (Å²) in [5, 5.41) is 6.70. The smallest absolute Gasteiger partial charge is 0.220 e. The van der Waals surface area contributed by atoms with Gasteiger partial charge < -0.3 is 10.6 Å². The maximum atomic E-state index is 11.7.